The zero-order chi connectivity index (χ0) is 22.6. The number of para-hydroxylation sites is 1. The predicted octanol–water partition coefficient (Wildman–Crippen LogP) is 3.92. The van der Waals surface area contributed by atoms with Crippen molar-refractivity contribution in [2.75, 3.05) is 25.5 Å². The van der Waals surface area contributed by atoms with Crippen molar-refractivity contribution in [3.05, 3.63) is 72.4 Å². The maximum Gasteiger partial charge on any atom is 0.259 e. The highest BCUT2D eigenvalue weighted by Gasteiger charge is 2.27. The number of nitrogens with one attached hydrogen (secondary N) is 1. The molecule has 0 radical (unpaired) electrons. The molecule has 9 heteroatoms. The topological polar surface area (TPSA) is 97.8 Å². The summed E-state index contributed by atoms with van der Waals surface area (Å²) in [6, 6.07) is 16.8. The predicted molar refractivity (Wildman–Crippen MR) is 120 cm³/mol. The van der Waals surface area contributed by atoms with Crippen molar-refractivity contribution in [3.63, 3.8) is 0 Å². The second-order valence-electron chi connectivity index (χ2n) is 7.22. The molecule has 0 unspecified atom stereocenters. The van der Waals surface area contributed by atoms with Crippen molar-refractivity contribution < 1.29 is 22.7 Å². The standard InChI is InChI=1S/C23H23N3O5S/c1-30-21-7-3-2-6-20(21)23(27)25-17-8-10-18(11-9-17)31-22-13-12-19(16-24-22)32(28,29)26-14-4-5-15-26/h2-3,6-13,16H,4-5,14-15H2,1H3,(H,25,27). The van der Waals surface area contributed by atoms with Crippen LogP contribution in [0.1, 0.15) is 23.2 Å². The summed E-state index contributed by atoms with van der Waals surface area (Å²) >= 11 is 0. The summed E-state index contributed by atoms with van der Waals surface area (Å²) in [6.45, 7) is 1.08. The van der Waals surface area contributed by atoms with Gasteiger partial charge in [-0.25, -0.2) is 13.4 Å². The molecule has 32 heavy (non-hydrogen) atoms. The third kappa shape index (κ3) is 4.74. The molecule has 1 amide bonds. The van der Waals surface area contributed by atoms with Crippen LogP contribution in [0, 0.1) is 0 Å². The molecule has 3 aromatic rings. The maximum atomic E-state index is 12.6. The monoisotopic (exact) mass is 453 g/mol. The van der Waals surface area contributed by atoms with Gasteiger partial charge in [0.1, 0.15) is 16.4 Å². The smallest absolute Gasteiger partial charge is 0.259 e. The number of benzene rings is 2. The summed E-state index contributed by atoms with van der Waals surface area (Å²) in [7, 11) is -1.99. The molecule has 2 heterocycles. The molecule has 1 aliphatic heterocycles. The lowest BCUT2D eigenvalue weighted by Crippen LogP contribution is -2.27. The molecule has 0 saturated carbocycles. The van der Waals surface area contributed by atoms with E-state index in [1.807, 2.05) is 0 Å². The average molecular weight is 454 g/mol. The molecule has 1 aromatic heterocycles. The molecule has 166 valence electrons. The Morgan fingerprint density at radius 2 is 1.72 bits per heavy atom. The van der Waals surface area contributed by atoms with Crippen LogP contribution in [0.4, 0.5) is 5.69 Å². The minimum atomic E-state index is -3.51. The molecule has 2 aromatic carbocycles. The maximum absolute atomic E-state index is 12.6. The molecule has 1 aliphatic rings. The van der Waals surface area contributed by atoms with Crippen molar-refractivity contribution in [3.8, 4) is 17.4 Å². The summed E-state index contributed by atoms with van der Waals surface area (Å²) in [5.74, 6) is 0.984. The number of ether oxygens (including phenoxy) is 2. The van der Waals surface area contributed by atoms with Crippen LogP contribution in [0.2, 0.25) is 0 Å². The van der Waals surface area contributed by atoms with Gasteiger partial charge in [-0.2, -0.15) is 4.31 Å². The summed E-state index contributed by atoms with van der Waals surface area (Å²) in [5.41, 5.74) is 1.02. The number of hydrogen-bond donors (Lipinski definition) is 1. The van der Waals surface area contributed by atoms with Crippen molar-refractivity contribution >= 4 is 21.6 Å². The van der Waals surface area contributed by atoms with Gasteiger partial charge >= 0.3 is 0 Å². The van der Waals surface area contributed by atoms with Crippen molar-refractivity contribution in [1.29, 1.82) is 0 Å². The second-order valence-corrected chi connectivity index (χ2v) is 9.16. The summed E-state index contributed by atoms with van der Waals surface area (Å²) in [5, 5.41) is 2.81. The van der Waals surface area contributed by atoms with Crippen molar-refractivity contribution in [2.45, 2.75) is 17.7 Å². The first-order chi connectivity index (χ1) is 15.5. The fraction of sp³-hybridized carbons (Fsp3) is 0.217. The van der Waals surface area contributed by atoms with Crippen LogP contribution >= 0.6 is 0 Å². The first-order valence-electron chi connectivity index (χ1n) is 10.2. The van der Waals surface area contributed by atoms with Gasteiger partial charge in [-0.1, -0.05) is 12.1 Å². The van der Waals surface area contributed by atoms with Crippen LogP contribution < -0.4 is 14.8 Å². The number of aromatic nitrogens is 1. The fourth-order valence-electron chi connectivity index (χ4n) is 3.41. The first kappa shape index (κ1) is 21.8. The second kappa shape index (κ2) is 9.37. The van der Waals surface area contributed by atoms with Gasteiger partial charge in [0.15, 0.2) is 0 Å². The van der Waals surface area contributed by atoms with Crippen LogP contribution in [0.3, 0.4) is 0 Å². The number of rotatable bonds is 7. The third-order valence-electron chi connectivity index (χ3n) is 5.10. The molecule has 0 aliphatic carbocycles. The molecule has 0 spiro atoms. The molecule has 1 N–H and O–H groups in total. The van der Waals surface area contributed by atoms with Gasteiger partial charge in [0, 0.05) is 24.8 Å². The Balaban J connectivity index is 1.40. The quantitative estimate of drug-likeness (QED) is 0.582. The molecule has 0 bridgehead atoms. The fourth-order valence-corrected chi connectivity index (χ4v) is 4.88. The zero-order valence-electron chi connectivity index (χ0n) is 17.5. The number of amides is 1. The van der Waals surface area contributed by atoms with E-state index in [1.54, 1.807) is 48.5 Å². The van der Waals surface area contributed by atoms with Crippen LogP contribution in [-0.4, -0.2) is 43.8 Å². The van der Waals surface area contributed by atoms with Gasteiger partial charge in [0.25, 0.3) is 5.91 Å². The van der Waals surface area contributed by atoms with Gasteiger partial charge < -0.3 is 14.8 Å². The zero-order valence-corrected chi connectivity index (χ0v) is 18.3. The summed E-state index contributed by atoms with van der Waals surface area (Å²) < 4.78 is 37.5. The molecule has 1 fully saturated rings. The Labute approximate surface area is 186 Å². The number of carbonyl (C=O) groups is 1. The number of nitrogens with zero attached hydrogens (tertiary/aromatic N) is 2. The summed E-state index contributed by atoms with van der Waals surface area (Å²) in [6.07, 6.45) is 3.07. The Morgan fingerprint density at radius 1 is 1.00 bits per heavy atom. The van der Waals surface area contributed by atoms with E-state index in [2.05, 4.69) is 10.3 Å². The average Bonchev–Trinajstić information content (AvgIpc) is 3.37. The molecular weight excluding hydrogens is 430 g/mol. The van der Waals surface area contributed by atoms with E-state index in [0.29, 0.717) is 35.8 Å². The van der Waals surface area contributed by atoms with E-state index in [1.165, 1.54) is 29.7 Å². The lowest BCUT2D eigenvalue weighted by Gasteiger charge is -2.15. The van der Waals surface area contributed by atoms with E-state index in [0.717, 1.165) is 12.8 Å². The Kier molecular flexibility index (Phi) is 6.38. The Hall–Kier alpha value is -3.43. The highest BCUT2D eigenvalue weighted by atomic mass is 32.2. The van der Waals surface area contributed by atoms with Crippen LogP contribution in [0.25, 0.3) is 0 Å². The van der Waals surface area contributed by atoms with Crippen molar-refractivity contribution in [2.24, 2.45) is 0 Å². The van der Waals surface area contributed by atoms with Crippen LogP contribution in [0.5, 0.6) is 17.4 Å². The number of methoxy groups -OCH3 is 1. The molecule has 1 saturated heterocycles. The lowest BCUT2D eigenvalue weighted by atomic mass is 10.2. The van der Waals surface area contributed by atoms with E-state index in [-0.39, 0.29) is 16.7 Å². The SMILES string of the molecule is COc1ccccc1C(=O)Nc1ccc(Oc2ccc(S(=O)(=O)N3CCCC3)cn2)cc1. The van der Waals surface area contributed by atoms with E-state index in [9.17, 15) is 13.2 Å². The number of pyridine rings is 1. The number of sulfonamides is 1. The van der Waals surface area contributed by atoms with E-state index in [4.69, 9.17) is 9.47 Å². The molecule has 4 rings (SSSR count). The van der Waals surface area contributed by atoms with E-state index < -0.39 is 10.0 Å². The number of hydrogen-bond acceptors (Lipinski definition) is 6. The Bertz CT molecular complexity index is 1190. The highest BCUT2D eigenvalue weighted by molar-refractivity contribution is 7.89. The lowest BCUT2D eigenvalue weighted by molar-refractivity contribution is 0.102. The normalized spacial score (nSPS) is 14.2. The third-order valence-corrected chi connectivity index (χ3v) is 6.98. The minimum Gasteiger partial charge on any atom is -0.496 e. The summed E-state index contributed by atoms with van der Waals surface area (Å²) in [4.78, 5) is 16.8. The molecule has 8 nitrogen and oxygen atoms in total. The first-order valence-corrected chi connectivity index (χ1v) is 11.6. The number of carbonyl (C=O) groups excluding carboxylic acids is 1. The van der Waals surface area contributed by atoms with Crippen molar-refractivity contribution in [1.82, 2.24) is 9.29 Å². The van der Waals surface area contributed by atoms with E-state index >= 15 is 0 Å². The highest BCUT2D eigenvalue weighted by Crippen LogP contribution is 2.25. The largest absolute Gasteiger partial charge is 0.496 e. The Morgan fingerprint density at radius 3 is 2.38 bits per heavy atom. The molecule has 0 atom stereocenters. The number of anilines is 1. The molecular formula is C23H23N3O5S. The van der Waals surface area contributed by atoms with Gasteiger partial charge in [0.2, 0.25) is 15.9 Å². The van der Waals surface area contributed by atoms with Gasteiger partial charge in [-0.05, 0) is 55.3 Å². The minimum absolute atomic E-state index is 0.154. The van der Waals surface area contributed by atoms with Crippen LogP contribution in [-0.2, 0) is 10.0 Å². The van der Waals surface area contributed by atoms with Gasteiger partial charge in [0.05, 0.1) is 18.9 Å². The van der Waals surface area contributed by atoms with Crippen LogP contribution in [0.15, 0.2) is 71.8 Å². The van der Waals surface area contributed by atoms with Gasteiger partial charge in [-0.3, -0.25) is 4.79 Å². The van der Waals surface area contributed by atoms with Gasteiger partial charge in [-0.15, -0.1) is 0 Å².